The molecule has 2 aromatic carbocycles. The molecule has 2 aliphatic heterocycles. The van der Waals surface area contributed by atoms with Crippen molar-refractivity contribution in [2.24, 2.45) is 11.8 Å². The lowest BCUT2D eigenvalue weighted by atomic mass is 9.92. The van der Waals surface area contributed by atoms with E-state index in [1.54, 1.807) is 36.4 Å². The highest BCUT2D eigenvalue weighted by Gasteiger charge is 2.37. The molecule has 198 valence electrons. The van der Waals surface area contributed by atoms with Gasteiger partial charge in [0.05, 0.1) is 18.1 Å². The van der Waals surface area contributed by atoms with Crippen LogP contribution in [0.1, 0.15) is 35.2 Å². The molecule has 0 radical (unpaired) electrons. The zero-order valence-electron chi connectivity index (χ0n) is 21.5. The second kappa shape index (κ2) is 11.9. The molecule has 3 aromatic rings. The van der Waals surface area contributed by atoms with E-state index >= 15 is 0 Å². The van der Waals surface area contributed by atoms with E-state index in [0.29, 0.717) is 60.2 Å². The Morgan fingerprint density at radius 2 is 1.55 bits per heavy atom. The number of pyridine rings is 1. The van der Waals surface area contributed by atoms with E-state index in [9.17, 15) is 9.59 Å². The number of amides is 2. The van der Waals surface area contributed by atoms with Gasteiger partial charge in [-0.25, -0.2) is 4.98 Å². The summed E-state index contributed by atoms with van der Waals surface area (Å²) in [6, 6.07) is 18.4. The molecule has 3 heterocycles. The monoisotopic (exact) mass is 533 g/mol. The Labute approximate surface area is 228 Å². The van der Waals surface area contributed by atoms with Gasteiger partial charge in [0.1, 0.15) is 11.5 Å². The van der Waals surface area contributed by atoms with Crippen LogP contribution in [0.15, 0.2) is 66.9 Å². The summed E-state index contributed by atoms with van der Waals surface area (Å²) in [7, 11) is 0. The van der Waals surface area contributed by atoms with Crippen molar-refractivity contribution in [2.45, 2.75) is 26.2 Å². The molecule has 0 saturated carbocycles. The minimum atomic E-state index is 0.0299. The van der Waals surface area contributed by atoms with Crippen molar-refractivity contribution in [1.82, 2.24) is 14.8 Å². The molecule has 7 nitrogen and oxygen atoms in total. The van der Waals surface area contributed by atoms with Crippen molar-refractivity contribution in [3.8, 4) is 17.4 Å². The highest BCUT2D eigenvalue weighted by molar-refractivity contribution is 6.30. The maximum atomic E-state index is 13.2. The number of carbonyl (C=O) groups is 2. The maximum Gasteiger partial charge on any atom is 0.253 e. The lowest BCUT2D eigenvalue weighted by Crippen LogP contribution is -2.34. The van der Waals surface area contributed by atoms with Crippen molar-refractivity contribution >= 4 is 23.4 Å². The van der Waals surface area contributed by atoms with Crippen LogP contribution in [0.25, 0.3) is 0 Å². The van der Waals surface area contributed by atoms with Crippen molar-refractivity contribution in [2.75, 3.05) is 32.8 Å². The minimum absolute atomic E-state index is 0.0299. The van der Waals surface area contributed by atoms with Crippen LogP contribution in [-0.4, -0.2) is 59.4 Å². The van der Waals surface area contributed by atoms with Crippen LogP contribution in [0.4, 0.5) is 0 Å². The van der Waals surface area contributed by atoms with Gasteiger partial charge in [0.25, 0.3) is 5.91 Å². The number of halogens is 1. The number of hydrogen-bond donors (Lipinski definition) is 0. The van der Waals surface area contributed by atoms with Gasteiger partial charge in [-0.1, -0.05) is 29.3 Å². The molecule has 2 fully saturated rings. The van der Waals surface area contributed by atoms with Gasteiger partial charge in [0, 0.05) is 44.0 Å². The van der Waals surface area contributed by atoms with Gasteiger partial charge in [0.2, 0.25) is 11.8 Å². The molecule has 0 unspecified atom stereocenters. The van der Waals surface area contributed by atoms with Gasteiger partial charge >= 0.3 is 0 Å². The number of aromatic nitrogens is 1. The Balaban J connectivity index is 1.08. The number of fused-ring (bicyclic) bond motifs is 1. The van der Waals surface area contributed by atoms with Crippen LogP contribution in [0.2, 0.25) is 5.02 Å². The van der Waals surface area contributed by atoms with E-state index in [0.717, 1.165) is 31.7 Å². The largest absolute Gasteiger partial charge is 0.493 e. The minimum Gasteiger partial charge on any atom is -0.493 e. The van der Waals surface area contributed by atoms with Gasteiger partial charge in [-0.3, -0.25) is 9.59 Å². The Bertz CT molecular complexity index is 1230. The fourth-order valence-corrected chi connectivity index (χ4v) is 5.31. The van der Waals surface area contributed by atoms with Gasteiger partial charge < -0.3 is 19.3 Å². The third kappa shape index (κ3) is 6.45. The van der Waals surface area contributed by atoms with E-state index in [4.69, 9.17) is 21.1 Å². The smallest absolute Gasteiger partial charge is 0.253 e. The summed E-state index contributed by atoms with van der Waals surface area (Å²) < 4.78 is 11.5. The molecule has 2 aliphatic rings. The zero-order chi connectivity index (χ0) is 26.5. The van der Waals surface area contributed by atoms with Crippen molar-refractivity contribution < 1.29 is 19.1 Å². The molecule has 2 saturated heterocycles. The average molecular weight is 534 g/mol. The van der Waals surface area contributed by atoms with Gasteiger partial charge in [-0.15, -0.1) is 0 Å². The SMILES string of the molecule is Cc1ccc(OCCC(=O)N2C[C@H]3CCN(C(=O)c4ccc(Oc5ccc(Cl)cn5)cc4)CC[C@H]3C2)cc1. The fraction of sp³-hybridized carbons (Fsp3) is 0.367. The first-order chi connectivity index (χ1) is 18.4. The number of aryl methyl sites for hydroxylation is 1. The maximum absolute atomic E-state index is 13.2. The van der Waals surface area contributed by atoms with E-state index in [-0.39, 0.29) is 11.8 Å². The summed E-state index contributed by atoms with van der Waals surface area (Å²) in [4.78, 5) is 34.0. The summed E-state index contributed by atoms with van der Waals surface area (Å²) in [5.41, 5.74) is 1.82. The second-order valence-corrected chi connectivity index (χ2v) is 10.5. The predicted octanol–water partition coefficient (Wildman–Crippen LogP) is 5.62. The molecule has 8 heteroatoms. The number of carbonyl (C=O) groups excluding carboxylic acids is 2. The van der Waals surface area contributed by atoms with Crippen molar-refractivity contribution in [1.29, 1.82) is 0 Å². The highest BCUT2D eigenvalue weighted by atomic mass is 35.5. The Hall–Kier alpha value is -3.58. The summed E-state index contributed by atoms with van der Waals surface area (Å²) in [5.74, 6) is 2.88. The number of ether oxygens (including phenoxy) is 2. The van der Waals surface area contributed by atoms with Gasteiger partial charge in [-0.2, -0.15) is 0 Å². The molecule has 5 rings (SSSR count). The first-order valence-corrected chi connectivity index (χ1v) is 13.5. The number of nitrogens with zero attached hydrogens (tertiary/aromatic N) is 3. The predicted molar refractivity (Wildman–Crippen MR) is 146 cm³/mol. The van der Waals surface area contributed by atoms with E-state index in [2.05, 4.69) is 4.98 Å². The number of rotatable bonds is 7. The number of benzene rings is 2. The highest BCUT2D eigenvalue weighted by Crippen LogP contribution is 2.33. The fourth-order valence-electron chi connectivity index (χ4n) is 5.19. The van der Waals surface area contributed by atoms with E-state index in [1.165, 1.54) is 11.8 Å². The molecule has 2 atom stereocenters. The summed E-state index contributed by atoms with van der Waals surface area (Å²) in [5, 5.41) is 0.544. The first-order valence-electron chi connectivity index (χ1n) is 13.1. The van der Waals surface area contributed by atoms with Crippen molar-refractivity contribution in [3.63, 3.8) is 0 Å². The van der Waals surface area contributed by atoms with E-state index < -0.39 is 0 Å². The lowest BCUT2D eigenvalue weighted by molar-refractivity contribution is -0.130. The first kappa shape index (κ1) is 26.0. The van der Waals surface area contributed by atoms with E-state index in [1.807, 2.05) is 41.0 Å². The van der Waals surface area contributed by atoms with Crippen molar-refractivity contribution in [3.05, 3.63) is 83.0 Å². The summed E-state index contributed by atoms with van der Waals surface area (Å²) >= 11 is 5.87. The molecule has 0 N–H and O–H groups in total. The second-order valence-electron chi connectivity index (χ2n) is 10.0. The molecule has 0 aliphatic carbocycles. The van der Waals surface area contributed by atoms with Crippen LogP contribution in [0, 0.1) is 18.8 Å². The summed E-state index contributed by atoms with van der Waals surface area (Å²) in [6.45, 7) is 5.35. The quantitative estimate of drug-likeness (QED) is 0.394. The lowest BCUT2D eigenvalue weighted by Gasteiger charge is -2.22. The normalized spacial score (nSPS) is 19.0. The van der Waals surface area contributed by atoms with Gasteiger partial charge in [-0.05, 0) is 74.1 Å². The Morgan fingerprint density at radius 3 is 2.18 bits per heavy atom. The van der Waals surface area contributed by atoms with Gasteiger partial charge in [0.15, 0.2) is 0 Å². The molecule has 0 spiro atoms. The number of likely N-dealkylation sites (tertiary alicyclic amines) is 2. The number of hydrogen-bond acceptors (Lipinski definition) is 5. The Kier molecular flexibility index (Phi) is 8.13. The molecular formula is C30H32ClN3O4. The molecule has 38 heavy (non-hydrogen) atoms. The molecule has 0 bridgehead atoms. The molecule has 2 amide bonds. The third-order valence-corrected chi connectivity index (χ3v) is 7.61. The van der Waals surface area contributed by atoms with Crippen LogP contribution in [0.5, 0.6) is 17.4 Å². The average Bonchev–Trinajstić information content (AvgIpc) is 3.24. The standard InChI is InChI=1S/C30H32ClN3O4/c1-21-2-7-26(8-3-21)37-17-14-29(35)34-19-23-12-15-33(16-13-24(23)20-34)30(36)22-4-9-27(10-5-22)38-28-11-6-25(31)18-32-28/h2-11,18,23-24H,12-17,19-20H2,1H3/t23-,24+. The van der Waals surface area contributed by atoms with Crippen LogP contribution < -0.4 is 9.47 Å². The Morgan fingerprint density at radius 1 is 0.895 bits per heavy atom. The molecular weight excluding hydrogens is 502 g/mol. The van der Waals surface area contributed by atoms with Crippen LogP contribution in [0.3, 0.4) is 0 Å². The van der Waals surface area contributed by atoms with Crippen LogP contribution in [-0.2, 0) is 4.79 Å². The topological polar surface area (TPSA) is 72.0 Å². The summed E-state index contributed by atoms with van der Waals surface area (Å²) in [6.07, 6.45) is 3.72. The zero-order valence-corrected chi connectivity index (χ0v) is 22.3. The molecule has 1 aromatic heterocycles. The van der Waals surface area contributed by atoms with Crippen LogP contribution >= 0.6 is 11.6 Å². The third-order valence-electron chi connectivity index (χ3n) is 7.39.